The third kappa shape index (κ3) is 4.15. The van der Waals surface area contributed by atoms with Crippen LogP contribution in [0.1, 0.15) is 12.8 Å². The normalized spacial score (nSPS) is 17.4. The molecule has 0 unspecified atom stereocenters. The zero-order valence-corrected chi connectivity index (χ0v) is 13.5. The van der Waals surface area contributed by atoms with Crippen LogP contribution in [-0.4, -0.2) is 61.1 Å². The summed E-state index contributed by atoms with van der Waals surface area (Å²) in [5, 5.41) is 4.51. The summed E-state index contributed by atoms with van der Waals surface area (Å²) in [4.78, 5) is 9.59. The fourth-order valence-electron chi connectivity index (χ4n) is 2.68. The number of likely N-dealkylation sites (N-methyl/N-ethyl adjacent to an activating group) is 1. The van der Waals surface area contributed by atoms with E-state index in [1.807, 2.05) is 6.07 Å². The summed E-state index contributed by atoms with van der Waals surface area (Å²) in [5.74, 6) is 0. The Kier molecular flexibility index (Phi) is 5.06. The molecule has 0 radical (unpaired) electrons. The summed E-state index contributed by atoms with van der Waals surface area (Å²) in [6.07, 6.45) is 2.48. The SMILES string of the molecule is CN1CCN(CCCCNc2nc3ccccc3s2)CC1. The lowest BCUT2D eigenvalue weighted by atomic mass is 10.2. The van der Waals surface area contributed by atoms with Crippen molar-refractivity contribution in [3.05, 3.63) is 24.3 Å². The Morgan fingerprint density at radius 3 is 2.76 bits per heavy atom. The average Bonchev–Trinajstić information content (AvgIpc) is 2.91. The number of benzene rings is 1. The van der Waals surface area contributed by atoms with Gasteiger partial charge < -0.3 is 15.1 Å². The molecule has 0 saturated carbocycles. The highest BCUT2D eigenvalue weighted by Crippen LogP contribution is 2.25. The molecule has 2 heterocycles. The summed E-state index contributed by atoms with van der Waals surface area (Å²) >= 11 is 1.75. The first kappa shape index (κ1) is 14.8. The molecule has 0 atom stereocenters. The van der Waals surface area contributed by atoms with Gasteiger partial charge in [0, 0.05) is 32.7 Å². The number of nitrogens with one attached hydrogen (secondary N) is 1. The molecule has 2 aromatic rings. The molecule has 1 aliphatic rings. The highest BCUT2D eigenvalue weighted by molar-refractivity contribution is 7.22. The Morgan fingerprint density at radius 2 is 1.95 bits per heavy atom. The van der Waals surface area contributed by atoms with Crippen LogP contribution in [0.3, 0.4) is 0 Å². The molecule has 1 aromatic carbocycles. The number of para-hydroxylation sites is 1. The minimum absolute atomic E-state index is 1.02. The molecule has 1 aliphatic heterocycles. The molecule has 0 amide bonds. The monoisotopic (exact) mass is 304 g/mol. The van der Waals surface area contributed by atoms with Crippen LogP contribution in [0.5, 0.6) is 0 Å². The second-order valence-corrected chi connectivity index (χ2v) is 6.80. The van der Waals surface area contributed by atoms with E-state index in [0.29, 0.717) is 0 Å². The van der Waals surface area contributed by atoms with E-state index in [0.717, 1.165) is 17.2 Å². The molecule has 0 spiro atoms. The van der Waals surface area contributed by atoms with E-state index in [9.17, 15) is 0 Å². The van der Waals surface area contributed by atoms with Crippen molar-refractivity contribution in [1.82, 2.24) is 14.8 Å². The molecular weight excluding hydrogens is 280 g/mol. The lowest BCUT2D eigenvalue weighted by Crippen LogP contribution is -2.44. The Morgan fingerprint density at radius 1 is 1.14 bits per heavy atom. The van der Waals surface area contributed by atoms with Crippen molar-refractivity contribution in [3.63, 3.8) is 0 Å². The number of anilines is 1. The predicted octanol–water partition coefficient (Wildman–Crippen LogP) is 2.74. The number of fused-ring (bicyclic) bond motifs is 1. The smallest absolute Gasteiger partial charge is 0.183 e. The maximum Gasteiger partial charge on any atom is 0.183 e. The standard InChI is InChI=1S/C16H24N4S/c1-19-10-12-20(13-11-19)9-5-4-8-17-16-18-14-6-2-3-7-15(14)21-16/h2-3,6-7H,4-5,8-13H2,1H3,(H,17,18). The second kappa shape index (κ2) is 7.20. The van der Waals surface area contributed by atoms with Crippen molar-refractivity contribution in [2.75, 3.05) is 51.6 Å². The van der Waals surface area contributed by atoms with Crippen LogP contribution in [0.25, 0.3) is 10.2 Å². The van der Waals surface area contributed by atoms with Crippen LogP contribution in [-0.2, 0) is 0 Å². The minimum Gasteiger partial charge on any atom is -0.361 e. The Balaban J connectivity index is 1.34. The van der Waals surface area contributed by atoms with Crippen LogP contribution >= 0.6 is 11.3 Å². The van der Waals surface area contributed by atoms with E-state index < -0.39 is 0 Å². The fraction of sp³-hybridized carbons (Fsp3) is 0.562. The molecule has 21 heavy (non-hydrogen) atoms. The number of hydrogen-bond donors (Lipinski definition) is 1. The van der Waals surface area contributed by atoms with E-state index in [4.69, 9.17) is 0 Å². The second-order valence-electron chi connectivity index (χ2n) is 5.77. The molecule has 1 aromatic heterocycles. The van der Waals surface area contributed by atoms with Gasteiger partial charge in [-0.15, -0.1) is 0 Å². The van der Waals surface area contributed by atoms with Crippen LogP contribution in [0.2, 0.25) is 0 Å². The van der Waals surface area contributed by atoms with Gasteiger partial charge in [0.1, 0.15) is 0 Å². The summed E-state index contributed by atoms with van der Waals surface area (Å²) in [7, 11) is 2.21. The zero-order chi connectivity index (χ0) is 14.5. The largest absolute Gasteiger partial charge is 0.361 e. The molecule has 5 heteroatoms. The summed E-state index contributed by atoms with van der Waals surface area (Å²) < 4.78 is 1.26. The van der Waals surface area contributed by atoms with Crippen LogP contribution < -0.4 is 5.32 Å². The lowest BCUT2D eigenvalue weighted by Gasteiger charge is -2.32. The van der Waals surface area contributed by atoms with Crippen molar-refractivity contribution < 1.29 is 0 Å². The molecular formula is C16H24N4S. The van der Waals surface area contributed by atoms with Gasteiger partial charge in [0.2, 0.25) is 0 Å². The minimum atomic E-state index is 1.02. The van der Waals surface area contributed by atoms with Crippen molar-refractivity contribution in [2.45, 2.75) is 12.8 Å². The molecule has 0 bridgehead atoms. The van der Waals surface area contributed by atoms with Crippen LogP contribution in [0.15, 0.2) is 24.3 Å². The molecule has 0 aliphatic carbocycles. The number of nitrogens with zero attached hydrogens (tertiary/aromatic N) is 3. The Labute approximate surface area is 130 Å². The summed E-state index contributed by atoms with van der Waals surface area (Å²) in [6, 6.07) is 8.32. The lowest BCUT2D eigenvalue weighted by molar-refractivity contribution is 0.152. The van der Waals surface area contributed by atoms with Gasteiger partial charge in [-0.2, -0.15) is 0 Å². The molecule has 1 N–H and O–H groups in total. The molecule has 3 rings (SSSR count). The molecule has 4 nitrogen and oxygen atoms in total. The summed E-state index contributed by atoms with van der Waals surface area (Å²) in [5.41, 5.74) is 1.10. The van der Waals surface area contributed by atoms with Gasteiger partial charge in [-0.05, 0) is 38.6 Å². The van der Waals surface area contributed by atoms with E-state index in [1.54, 1.807) is 11.3 Å². The number of hydrogen-bond acceptors (Lipinski definition) is 5. The third-order valence-electron chi connectivity index (χ3n) is 4.07. The quantitative estimate of drug-likeness (QED) is 0.832. The van der Waals surface area contributed by atoms with Gasteiger partial charge in [-0.25, -0.2) is 4.98 Å². The highest BCUT2D eigenvalue weighted by Gasteiger charge is 2.12. The summed E-state index contributed by atoms with van der Waals surface area (Å²) in [6.45, 7) is 7.13. The van der Waals surface area contributed by atoms with Gasteiger partial charge in [0.15, 0.2) is 5.13 Å². The van der Waals surface area contributed by atoms with Gasteiger partial charge in [-0.3, -0.25) is 0 Å². The zero-order valence-electron chi connectivity index (χ0n) is 12.7. The van der Waals surface area contributed by atoms with Gasteiger partial charge in [0.05, 0.1) is 10.2 Å². The predicted molar refractivity (Wildman–Crippen MR) is 91.3 cm³/mol. The topological polar surface area (TPSA) is 31.4 Å². The Bertz CT molecular complexity index is 527. The van der Waals surface area contributed by atoms with Gasteiger partial charge in [-0.1, -0.05) is 23.5 Å². The maximum absolute atomic E-state index is 4.60. The van der Waals surface area contributed by atoms with Crippen LogP contribution in [0, 0.1) is 0 Å². The van der Waals surface area contributed by atoms with Gasteiger partial charge >= 0.3 is 0 Å². The van der Waals surface area contributed by atoms with Crippen LogP contribution in [0.4, 0.5) is 5.13 Å². The van der Waals surface area contributed by atoms with Crippen molar-refractivity contribution in [1.29, 1.82) is 0 Å². The van der Waals surface area contributed by atoms with E-state index in [1.165, 1.54) is 50.3 Å². The fourth-order valence-corrected chi connectivity index (χ4v) is 3.57. The van der Waals surface area contributed by atoms with Crippen molar-refractivity contribution in [3.8, 4) is 0 Å². The number of rotatable bonds is 6. The molecule has 1 saturated heterocycles. The van der Waals surface area contributed by atoms with Gasteiger partial charge in [0.25, 0.3) is 0 Å². The van der Waals surface area contributed by atoms with Crippen molar-refractivity contribution in [2.24, 2.45) is 0 Å². The number of unbranched alkanes of at least 4 members (excludes halogenated alkanes) is 1. The first-order valence-electron chi connectivity index (χ1n) is 7.81. The average molecular weight is 304 g/mol. The first-order chi connectivity index (χ1) is 10.3. The van der Waals surface area contributed by atoms with E-state index in [2.05, 4.69) is 45.3 Å². The Hall–Kier alpha value is -1.17. The van der Waals surface area contributed by atoms with Crippen molar-refractivity contribution >= 4 is 26.7 Å². The van der Waals surface area contributed by atoms with E-state index in [-0.39, 0.29) is 0 Å². The third-order valence-corrected chi connectivity index (χ3v) is 5.06. The molecule has 114 valence electrons. The number of thiazole rings is 1. The number of piperazine rings is 1. The number of aromatic nitrogens is 1. The first-order valence-corrected chi connectivity index (χ1v) is 8.63. The van der Waals surface area contributed by atoms with E-state index >= 15 is 0 Å². The maximum atomic E-state index is 4.60. The highest BCUT2D eigenvalue weighted by atomic mass is 32.1. The molecule has 1 fully saturated rings.